The Morgan fingerprint density at radius 3 is 2.74 bits per heavy atom. The first-order valence-corrected chi connectivity index (χ1v) is 6.04. The lowest BCUT2D eigenvalue weighted by atomic mass is 10.2. The molecule has 0 fully saturated rings. The third-order valence-electron chi connectivity index (χ3n) is 2.37. The number of anilines is 1. The van der Waals surface area contributed by atoms with Crippen LogP contribution in [0.2, 0.25) is 0 Å². The van der Waals surface area contributed by atoms with Crippen LogP contribution < -0.4 is 10.6 Å². The second-order valence-electron chi connectivity index (χ2n) is 4.52. The van der Waals surface area contributed by atoms with Gasteiger partial charge in [-0.2, -0.15) is 0 Å². The highest BCUT2D eigenvalue weighted by Gasteiger charge is 2.09. The van der Waals surface area contributed by atoms with Gasteiger partial charge in [0.25, 0.3) is 5.69 Å². The number of carbonyl (C=O) groups is 1. The molecule has 0 spiro atoms. The zero-order valence-electron chi connectivity index (χ0n) is 11.3. The SMILES string of the molecule is Cc1cc([N+](=O)[O-])cnc1NCCC(=O)NC(C)C. The van der Waals surface area contributed by atoms with E-state index in [1.807, 2.05) is 13.8 Å². The molecule has 1 aromatic heterocycles. The van der Waals surface area contributed by atoms with E-state index in [9.17, 15) is 14.9 Å². The van der Waals surface area contributed by atoms with E-state index in [-0.39, 0.29) is 17.6 Å². The molecule has 7 heteroatoms. The molecule has 1 aromatic rings. The second-order valence-corrected chi connectivity index (χ2v) is 4.52. The molecule has 0 unspecified atom stereocenters. The van der Waals surface area contributed by atoms with Crippen molar-refractivity contribution in [2.45, 2.75) is 33.2 Å². The first-order chi connectivity index (χ1) is 8.90. The van der Waals surface area contributed by atoms with Gasteiger partial charge in [0.2, 0.25) is 5.91 Å². The number of hydrogen-bond donors (Lipinski definition) is 2. The molecule has 2 N–H and O–H groups in total. The summed E-state index contributed by atoms with van der Waals surface area (Å²) in [4.78, 5) is 25.5. The van der Waals surface area contributed by atoms with Crippen molar-refractivity contribution in [3.8, 4) is 0 Å². The van der Waals surface area contributed by atoms with Gasteiger partial charge in [0.1, 0.15) is 12.0 Å². The average Bonchev–Trinajstić information content (AvgIpc) is 2.29. The van der Waals surface area contributed by atoms with Gasteiger partial charge in [-0.05, 0) is 26.3 Å². The van der Waals surface area contributed by atoms with Gasteiger partial charge in [0.15, 0.2) is 0 Å². The molecule has 7 nitrogen and oxygen atoms in total. The van der Waals surface area contributed by atoms with Crippen molar-refractivity contribution in [1.82, 2.24) is 10.3 Å². The predicted octanol–water partition coefficient (Wildman–Crippen LogP) is 1.62. The molecule has 1 rings (SSSR count). The normalized spacial score (nSPS) is 10.3. The number of rotatable bonds is 6. The monoisotopic (exact) mass is 266 g/mol. The van der Waals surface area contributed by atoms with Gasteiger partial charge >= 0.3 is 0 Å². The Balaban J connectivity index is 2.50. The van der Waals surface area contributed by atoms with Gasteiger partial charge in [-0.25, -0.2) is 4.98 Å². The van der Waals surface area contributed by atoms with E-state index >= 15 is 0 Å². The highest BCUT2D eigenvalue weighted by atomic mass is 16.6. The zero-order chi connectivity index (χ0) is 14.4. The van der Waals surface area contributed by atoms with Crippen LogP contribution in [-0.4, -0.2) is 28.4 Å². The molecule has 0 saturated carbocycles. The Bertz CT molecular complexity index is 474. The molecule has 0 atom stereocenters. The Labute approximate surface area is 111 Å². The van der Waals surface area contributed by atoms with Gasteiger partial charge < -0.3 is 10.6 Å². The van der Waals surface area contributed by atoms with E-state index < -0.39 is 4.92 Å². The minimum atomic E-state index is -0.486. The molecule has 0 aromatic carbocycles. The third-order valence-corrected chi connectivity index (χ3v) is 2.37. The average molecular weight is 266 g/mol. The number of nitrogens with one attached hydrogen (secondary N) is 2. The third kappa shape index (κ3) is 4.90. The van der Waals surface area contributed by atoms with Crippen molar-refractivity contribution < 1.29 is 9.72 Å². The molecule has 104 valence electrons. The molecule has 0 bridgehead atoms. The van der Waals surface area contributed by atoms with Crippen LogP contribution in [0.4, 0.5) is 11.5 Å². The van der Waals surface area contributed by atoms with E-state index in [1.54, 1.807) is 6.92 Å². The summed E-state index contributed by atoms with van der Waals surface area (Å²) in [6.07, 6.45) is 1.53. The van der Waals surface area contributed by atoms with Gasteiger partial charge in [-0.15, -0.1) is 0 Å². The van der Waals surface area contributed by atoms with Gasteiger partial charge in [-0.1, -0.05) is 0 Å². The van der Waals surface area contributed by atoms with Crippen molar-refractivity contribution in [3.63, 3.8) is 0 Å². The fourth-order valence-electron chi connectivity index (χ4n) is 1.53. The van der Waals surface area contributed by atoms with Crippen molar-refractivity contribution in [2.75, 3.05) is 11.9 Å². The lowest BCUT2D eigenvalue weighted by Crippen LogP contribution is -2.31. The van der Waals surface area contributed by atoms with E-state index in [2.05, 4.69) is 15.6 Å². The number of hydrogen-bond acceptors (Lipinski definition) is 5. The maximum absolute atomic E-state index is 11.4. The minimum Gasteiger partial charge on any atom is -0.369 e. The number of nitro groups is 1. The summed E-state index contributed by atoms with van der Waals surface area (Å²) >= 11 is 0. The van der Waals surface area contributed by atoms with Crippen LogP contribution in [0.5, 0.6) is 0 Å². The smallest absolute Gasteiger partial charge is 0.287 e. The van der Waals surface area contributed by atoms with Gasteiger partial charge in [0, 0.05) is 25.1 Å². The van der Waals surface area contributed by atoms with Crippen molar-refractivity contribution in [1.29, 1.82) is 0 Å². The summed E-state index contributed by atoms with van der Waals surface area (Å²) in [5.74, 6) is 0.519. The topological polar surface area (TPSA) is 97.2 Å². The van der Waals surface area contributed by atoms with Crippen molar-refractivity contribution in [2.24, 2.45) is 0 Å². The Kier molecular flexibility index (Phi) is 5.23. The molecular weight excluding hydrogens is 248 g/mol. The largest absolute Gasteiger partial charge is 0.369 e. The highest BCUT2D eigenvalue weighted by molar-refractivity contribution is 5.76. The van der Waals surface area contributed by atoms with E-state index in [4.69, 9.17) is 0 Å². The predicted molar refractivity (Wildman–Crippen MR) is 72.0 cm³/mol. The number of aryl methyl sites for hydroxylation is 1. The molecular formula is C12H18N4O3. The number of amides is 1. The fourth-order valence-corrected chi connectivity index (χ4v) is 1.53. The van der Waals surface area contributed by atoms with Gasteiger partial charge in [-0.3, -0.25) is 14.9 Å². The van der Waals surface area contributed by atoms with E-state index in [1.165, 1.54) is 12.3 Å². The van der Waals surface area contributed by atoms with Crippen LogP contribution >= 0.6 is 0 Å². The molecule has 0 aliphatic carbocycles. The van der Waals surface area contributed by atoms with Crippen LogP contribution in [0.3, 0.4) is 0 Å². The van der Waals surface area contributed by atoms with Crippen LogP contribution in [-0.2, 0) is 4.79 Å². The molecule has 0 aliphatic heterocycles. The van der Waals surface area contributed by atoms with Gasteiger partial charge in [0.05, 0.1) is 4.92 Å². The van der Waals surface area contributed by atoms with E-state index in [0.29, 0.717) is 24.3 Å². The Hall–Kier alpha value is -2.18. The first kappa shape index (κ1) is 14.9. The summed E-state index contributed by atoms with van der Waals surface area (Å²) < 4.78 is 0. The molecule has 0 aliphatic rings. The summed E-state index contributed by atoms with van der Waals surface area (Å²) in [5.41, 5.74) is 0.638. The first-order valence-electron chi connectivity index (χ1n) is 6.04. The maximum Gasteiger partial charge on any atom is 0.287 e. The van der Waals surface area contributed by atoms with E-state index in [0.717, 1.165) is 0 Å². The molecule has 0 saturated heterocycles. The maximum atomic E-state index is 11.4. The number of nitrogens with zero attached hydrogens (tertiary/aromatic N) is 2. The van der Waals surface area contributed by atoms with Crippen LogP contribution in [0.25, 0.3) is 0 Å². The summed E-state index contributed by atoms with van der Waals surface area (Å²) in [5, 5.41) is 16.3. The molecule has 1 amide bonds. The Morgan fingerprint density at radius 1 is 1.53 bits per heavy atom. The zero-order valence-corrected chi connectivity index (χ0v) is 11.3. The molecule has 19 heavy (non-hydrogen) atoms. The van der Waals surface area contributed by atoms with Crippen molar-refractivity contribution in [3.05, 3.63) is 27.9 Å². The summed E-state index contributed by atoms with van der Waals surface area (Å²) in [6, 6.07) is 1.57. The standard InChI is InChI=1S/C12H18N4O3/c1-8(2)15-11(17)4-5-13-12-9(3)6-10(7-14-12)16(18)19/h6-8H,4-5H2,1-3H3,(H,13,14)(H,15,17). The number of carbonyl (C=O) groups excluding carboxylic acids is 1. The lowest BCUT2D eigenvalue weighted by molar-refractivity contribution is -0.385. The molecule has 1 heterocycles. The number of pyridine rings is 1. The summed E-state index contributed by atoms with van der Waals surface area (Å²) in [7, 11) is 0. The fraction of sp³-hybridized carbons (Fsp3) is 0.500. The summed E-state index contributed by atoms with van der Waals surface area (Å²) in [6.45, 7) is 5.96. The Morgan fingerprint density at radius 2 is 2.21 bits per heavy atom. The van der Waals surface area contributed by atoms with Crippen LogP contribution in [0, 0.1) is 17.0 Å². The van der Waals surface area contributed by atoms with Crippen LogP contribution in [0.15, 0.2) is 12.3 Å². The number of aromatic nitrogens is 1. The second kappa shape index (κ2) is 6.67. The lowest BCUT2D eigenvalue weighted by Gasteiger charge is -2.10. The highest BCUT2D eigenvalue weighted by Crippen LogP contribution is 2.17. The molecule has 0 radical (unpaired) electrons. The quantitative estimate of drug-likeness (QED) is 0.602. The van der Waals surface area contributed by atoms with Crippen molar-refractivity contribution >= 4 is 17.4 Å². The minimum absolute atomic E-state index is 0.0398. The van der Waals surface area contributed by atoms with Crippen LogP contribution in [0.1, 0.15) is 25.8 Å².